The summed E-state index contributed by atoms with van der Waals surface area (Å²) in [6.45, 7) is 10.7. The van der Waals surface area contributed by atoms with E-state index < -0.39 is 6.04 Å². The minimum atomic E-state index is -0.479. The van der Waals surface area contributed by atoms with Crippen molar-refractivity contribution in [2.45, 2.75) is 33.7 Å². The first-order valence-electron chi connectivity index (χ1n) is 7.90. The van der Waals surface area contributed by atoms with Gasteiger partial charge >= 0.3 is 0 Å². The number of carbonyl (C=O) groups excluding carboxylic acids is 3. The molecule has 1 fully saturated rings. The van der Waals surface area contributed by atoms with E-state index in [2.05, 4.69) is 10.6 Å². The van der Waals surface area contributed by atoms with E-state index in [1.54, 1.807) is 4.90 Å². The highest BCUT2D eigenvalue weighted by atomic mass is 16.2. The van der Waals surface area contributed by atoms with Crippen LogP contribution in [0.1, 0.15) is 27.7 Å². The highest BCUT2D eigenvalue weighted by molar-refractivity contribution is 5.87. The fourth-order valence-electron chi connectivity index (χ4n) is 2.51. The van der Waals surface area contributed by atoms with Crippen LogP contribution in [0.2, 0.25) is 0 Å². The van der Waals surface area contributed by atoms with E-state index in [9.17, 15) is 14.4 Å². The van der Waals surface area contributed by atoms with E-state index in [0.717, 1.165) is 0 Å². The number of piperazine rings is 1. The summed E-state index contributed by atoms with van der Waals surface area (Å²) in [4.78, 5) is 39.1. The molecule has 0 aromatic carbocycles. The lowest BCUT2D eigenvalue weighted by molar-refractivity contribution is -0.139. The van der Waals surface area contributed by atoms with Gasteiger partial charge in [-0.05, 0) is 12.8 Å². The first-order chi connectivity index (χ1) is 10.3. The summed E-state index contributed by atoms with van der Waals surface area (Å²) in [5.74, 6) is -0.171. The molecule has 1 rings (SSSR count). The summed E-state index contributed by atoms with van der Waals surface area (Å²) in [6, 6.07) is -0.479. The first kappa shape index (κ1) is 18.4. The summed E-state index contributed by atoms with van der Waals surface area (Å²) < 4.78 is 0. The Balaban J connectivity index is 2.50. The highest BCUT2D eigenvalue weighted by Crippen LogP contribution is 2.09. The van der Waals surface area contributed by atoms with E-state index in [1.807, 2.05) is 25.7 Å². The summed E-state index contributed by atoms with van der Waals surface area (Å²) >= 11 is 0. The van der Waals surface area contributed by atoms with Gasteiger partial charge in [0.15, 0.2) is 0 Å². The minimum absolute atomic E-state index is 0.0144. The van der Waals surface area contributed by atoms with Crippen molar-refractivity contribution in [3.05, 3.63) is 0 Å². The standard InChI is InChI=1S/C15H28N4O3/c1-5-16-13(21)10-18-6-8-19(9-7-18)15(22)14(11(2)3)17-12(4)20/h11,14H,5-10H2,1-4H3,(H,16,21)(H,17,20). The van der Waals surface area contributed by atoms with Crippen LogP contribution >= 0.6 is 0 Å². The quantitative estimate of drug-likeness (QED) is 0.688. The maximum absolute atomic E-state index is 12.5. The molecule has 0 saturated carbocycles. The number of nitrogens with one attached hydrogen (secondary N) is 2. The molecule has 7 heteroatoms. The maximum Gasteiger partial charge on any atom is 0.245 e. The van der Waals surface area contributed by atoms with Gasteiger partial charge in [0, 0.05) is 39.6 Å². The zero-order valence-electron chi connectivity index (χ0n) is 14.0. The number of amides is 3. The molecule has 1 atom stereocenters. The van der Waals surface area contributed by atoms with Gasteiger partial charge in [-0.2, -0.15) is 0 Å². The molecule has 0 aliphatic carbocycles. The average molecular weight is 312 g/mol. The van der Waals surface area contributed by atoms with E-state index >= 15 is 0 Å². The predicted octanol–water partition coefficient (Wildman–Crippen LogP) is -0.573. The molecule has 126 valence electrons. The van der Waals surface area contributed by atoms with Crippen LogP contribution < -0.4 is 10.6 Å². The van der Waals surface area contributed by atoms with Gasteiger partial charge in [0.05, 0.1) is 6.54 Å². The van der Waals surface area contributed by atoms with Gasteiger partial charge in [0.1, 0.15) is 6.04 Å². The van der Waals surface area contributed by atoms with Crippen molar-refractivity contribution in [1.82, 2.24) is 20.4 Å². The van der Waals surface area contributed by atoms with Gasteiger partial charge < -0.3 is 15.5 Å². The maximum atomic E-state index is 12.5. The molecule has 0 aromatic heterocycles. The second-order valence-electron chi connectivity index (χ2n) is 5.98. The third kappa shape index (κ3) is 5.63. The molecule has 1 heterocycles. The molecular formula is C15H28N4O3. The molecule has 1 unspecified atom stereocenters. The van der Waals surface area contributed by atoms with Crippen molar-refractivity contribution in [3.63, 3.8) is 0 Å². The molecule has 1 saturated heterocycles. The van der Waals surface area contributed by atoms with Crippen molar-refractivity contribution >= 4 is 17.7 Å². The van der Waals surface area contributed by atoms with Gasteiger partial charge in [-0.25, -0.2) is 0 Å². The smallest absolute Gasteiger partial charge is 0.245 e. The van der Waals surface area contributed by atoms with Gasteiger partial charge in [0.2, 0.25) is 17.7 Å². The molecule has 0 radical (unpaired) electrons. The van der Waals surface area contributed by atoms with E-state index in [4.69, 9.17) is 0 Å². The largest absolute Gasteiger partial charge is 0.355 e. The second-order valence-corrected chi connectivity index (χ2v) is 5.98. The Morgan fingerprint density at radius 3 is 2.14 bits per heavy atom. The zero-order chi connectivity index (χ0) is 16.7. The van der Waals surface area contributed by atoms with Crippen molar-refractivity contribution in [1.29, 1.82) is 0 Å². The summed E-state index contributed by atoms with van der Waals surface area (Å²) in [5.41, 5.74) is 0. The monoisotopic (exact) mass is 312 g/mol. The van der Waals surface area contributed by atoms with Crippen LogP contribution in [-0.4, -0.2) is 72.8 Å². The molecule has 22 heavy (non-hydrogen) atoms. The molecule has 7 nitrogen and oxygen atoms in total. The Bertz CT molecular complexity index is 404. The van der Waals surface area contributed by atoms with Gasteiger partial charge in [-0.1, -0.05) is 13.8 Å². The lowest BCUT2D eigenvalue weighted by Crippen LogP contribution is -2.57. The Morgan fingerprint density at radius 2 is 1.68 bits per heavy atom. The van der Waals surface area contributed by atoms with Crippen molar-refractivity contribution in [2.24, 2.45) is 5.92 Å². The molecule has 0 spiro atoms. The van der Waals surface area contributed by atoms with E-state index in [-0.39, 0.29) is 23.6 Å². The van der Waals surface area contributed by atoms with E-state index in [1.165, 1.54) is 6.92 Å². The lowest BCUT2D eigenvalue weighted by Gasteiger charge is -2.36. The molecular weight excluding hydrogens is 284 g/mol. The van der Waals surface area contributed by atoms with Crippen molar-refractivity contribution in [2.75, 3.05) is 39.3 Å². The van der Waals surface area contributed by atoms with Gasteiger partial charge in [-0.15, -0.1) is 0 Å². The minimum Gasteiger partial charge on any atom is -0.355 e. The molecule has 3 amide bonds. The van der Waals surface area contributed by atoms with Crippen LogP contribution in [0.4, 0.5) is 0 Å². The van der Waals surface area contributed by atoms with Crippen LogP contribution in [0.5, 0.6) is 0 Å². The SMILES string of the molecule is CCNC(=O)CN1CCN(C(=O)C(NC(C)=O)C(C)C)CC1. The van der Waals surface area contributed by atoms with Gasteiger partial charge in [-0.3, -0.25) is 19.3 Å². The number of nitrogens with zero attached hydrogens (tertiary/aromatic N) is 2. The van der Waals surface area contributed by atoms with Crippen LogP contribution in [0.3, 0.4) is 0 Å². The van der Waals surface area contributed by atoms with E-state index in [0.29, 0.717) is 39.3 Å². The molecule has 1 aliphatic heterocycles. The Kier molecular flexibility index (Phi) is 7.31. The normalized spacial score (nSPS) is 17.2. The van der Waals surface area contributed by atoms with Crippen molar-refractivity contribution in [3.8, 4) is 0 Å². The summed E-state index contributed by atoms with van der Waals surface area (Å²) in [6.07, 6.45) is 0. The third-order valence-corrected chi connectivity index (χ3v) is 3.72. The Labute approximate surface area is 132 Å². The molecule has 0 aromatic rings. The number of carbonyl (C=O) groups is 3. The van der Waals surface area contributed by atoms with Gasteiger partial charge in [0.25, 0.3) is 0 Å². The number of likely N-dealkylation sites (N-methyl/N-ethyl adjacent to an activating group) is 1. The topological polar surface area (TPSA) is 81.8 Å². The first-order valence-corrected chi connectivity index (χ1v) is 7.90. The lowest BCUT2D eigenvalue weighted by atomic mass is 10.0. The fourth-order valence-corrected chi connectivity index (χ4v) is 2.51. The highest BCUT2D eigenvalue weighted by Gasteiger charge is 2.30. The predicted molar refractivity (Wildman–Crippen MR) is 84.1 cm³/mol. The zero-order valence-corrected chi connectivity index (χ0v) is 14.0. The molecule has 0 bridgehead atoms. The third-order valence-electron chi connectivity index (χ3n) is 3.72. The van der Waals surface area contributed by atoms with Crippen molar-refractivity contribution < 1.29 is 14.4 Å². The molecule has 1 aliphatic rings. The van der Waals surface area contributed by atoms with Crippen LogP contribution in [0, 0.1) is 5.92 Å². The number of rotatable bonds is 6. The van der Waals surface area contributed by atoms with Crippen LogP contribution in [-0.2, 0) is 14.4 Å². The summed E-state index contributed by atoms with van der Waals surface area (Å²) in [7, 11) is 0. The van der Waals surface area contributed by atoms with Crippen LogP contribution in [0.15, 0.2) is 0 Å². The molecule has 2 N–H and O–H groups in total. The fraction of sp³-hybridized carbons (Fsp3) is 0.800. The second kappa shape index (κ2) is 8.73. The Hall–Kier alpha value is -1.63. The summed E-state index contributed by atoms with van der Waals surface area (Å²) in [5, 5.41) is 5.50. The number of hydrogen-bond acceptors (Lipinski definition) is 4. The Morgan fingerprint density at radius 1 is 1.09 bits per heavy atom. The average Bonchev–Trinajstić information content (AvgIpc) is 2.44. The number of hydrogen-bond donors (Lipinski definition) is 2. The van der Waals surface area contributed by atoms with Crippen LogP contribution in [0.25, 0.3) is 0 Å².